The minimum Gasteiger partial charge on any atom is -0.464 e. The molecular weight excluding hydrogens is 324 g/mol. The molecule has 1 rings (SSSR count). The second kappa shape index (κ2) is 7.57. The summed E-state index contributed by atoms with van der Waals surface area (Å²) in [5, 5.41) is 12.6. The molecule has 25 heavy (non-hydrogen) atoms. The Kier molecular flexibility index (Phi) is 6.20. The van der Waals surface area contributed by atoms with Gasteiger partial charge in [0.05, 0.1) is 12.7 Å². The third-order valence-electron chi connectivity index (χ3n) is 3.09. The molecule has 0 radical (unpaired) electrons. The summed E-state index contributed by atoms with van der Waals surface area (Å²) >= 11 is 0. The molecule has 0 aliphatic heterocycles. The largest absolute Gasteiger partial charge is 0.464 e. The number of ether oxygens (including phenoxy) is 2. The van der Waals surface area contributed by atoms with Crippen LogP contribution in [0.3, 0.4) is 0 Å². The molecule has 0 aromatic heterocycles. The topological polar surface area (TPSA) is 111 Å². The van der Waals surface area contributed by atoms with E-state index in [1.54, 1.807) is 52.8 Å². The van der Waals surface area contributed by atoms with Crippen LogP contribution in [0.4, 0.5) is 10.5 Å². The van der Waals surface area contributed by atoms with E-state index in [0.29, 0.717) is 16.8 Å². The average Bonchev–Trinajstić information content (AvgIpc) is 2.44. The third-order valence-corrected chi connectivity index (χ3v) is 3.09. The normalized spacial score (nSPS) is 12.5. The minimum atomic E-state index is -1.15. The van der Waals surface area contributed by atoms with Crippen molar-refractivity contribution < 1.29 is 24.2 Å². The highest BCUT2D eigenvalue weighted by Gasteiger charge is 2.22. The van der Waals surface area contributed by atoms with Crippen molar-refractivity contribution in [3.63, 3.8) is 0 Å². The molecule has 4 N–H and O–H groups in total. The number of amides is 1. The van der Waals surface area contributed by atoms with Gasteiger partial charge in [-0.15, -0.1) is 0 Å². The van der Waals surface area contributed by atoms with Gasteiger partial charge in [-0.1, -0.05) is 6.07 Å². The van der Waals surface area contributed by atoms with Crippen molar-refractivity contribution in [1.82, 2.24) is 5.32 Å². The number of nitrogen functional groups attached to an aromatic ring is 1. The van der Waals surface area contributed by atoms with E-state index in [2.05, 4.69) is 10.1 Å². The van der Waals surface area contributed by atoms with Crippen LogP contribution in [0.5, 0.6) is 0 Å². The smallest absolute Gasteiger partial charge is 0.412 e. The van der Waals surface area contributed by atoms with E-state index < -0.39 is 23.3 Å². The predicted octanol–water partition coefficient (Wildman–Crippen LogP) is 2.53. The van der Waals surface area contributed by atoms with Crippen molar-refractivity contribution in [3.8, 4) is 0 Å². The zero-order valence-electron chi connectivity index (χ0n) is 15.5. The summed E-state index contributed by atoms with van der Waals surface area (Å²) in [6.45, 7) is 8.34. The Morgan fingerprint density at radius 1 is 1.20 bits per heavy atom. The minimum absolute atomic E-state index is 0.0942. The van der Waals surface area contributed by atoms with E-state index in [1.807, 2.05) is 0 Å². The first-order valence-corrected chi connectivity index (χ1v) is 7.76. The summed E-state index contributed by atoms with van der Waals surface area (Å²) in [5.41, 5.74) is 5.41. The molecule has 138 valence electrons. The predicted molar refractivity (Wildman–Crippen MR) is 95.5 cm³/mol. The van der Waals surface area contributed by atoms with Crippen LogP contribution in [0.25, 0.3) is 6.08 Å². The monoisotopic (exact) mass is 350 g/mol. The Bertz CT molecular complexity index is 682. The molecule has 0 saturated carbocycles. The number of aliphatic hydroxyl groups is 1. The summed E-state index contributed by atoms with van der Waals surface area (Å²) in [5.74, 6) is -0.729. The average molecular weight is 350 g/mol. The summed E-state index contributed by atoms with van der Waals surface area (Å²) < 4.78 is 9.82. The van der Waals surface area contributed by atoms with Gasteiger partial charge in [0.25, 0.3) is 0 Å². The van der Waals surface area contributed by atoms with Gasteiger partial charge in [0.15, 0.2) is 0 Å². The van der Waals surface area contributed by atoms with Crippen LogP contribution in [0.1, 0.15) is 45.7 Å². The number of methoxy groups -OCH3 is 1. The molecule has 0 unspecified atom stereocenters. The van der Waals surface area contributed by atoms with Crippen LogP contribution < -0.4 is 11.1 Å². The number of alkyl carbamates (subject to hydrolysis) is 1. The number of nitrogens with two attached hydrogens (primary N) is 1. The standard InChI is InChI=1S/C18H26N2O5/c1-17(2,3)25-16(22)20-14(15(21)24-6)10-11-7-8-13(19)12(9-11)18(4,5)23/h7-10,23H,19H2,1-6H3,(H,20,22). The summed E-state index contributed by atoms with van der Waals surface area (Å²) in [4.78, 5) is 23.8. The lowest BCUT2D eigenvalue weighted by Gasteiger charge is -2.21. The number of rotatable bonds is 4. The Morgan fingerprint density at radius 3 is 2.28 bits per heavy atom. The molecule has 1 amide bonds. The highest BCUT2D eigenvalue weighted by molar-refractivity contribution is 5.96. The molecule has 0 aliphatic carbocycles. The number of carbonyl (C=O) groups excluding carboxylic acids is 2. The van der Waals surface area contributed by atoms with E-state index in [9.17, 15) is 14.7 Å². The first-order valence-electron chi connectivity index (χ1n) is 7.76. The van der Waals surface area contributed by atoms with Crippen molar-refractivity contribution >= 4 is 23.8 Å². The lowest BCUT2D eigenvalue weighted by Crippen LogP contribution is -2.34. The second-order valence-corrected chi connectivity index (χ2v) is 7.08. The Hall–Kier alpha value is -2.54. The van der Waals surface area contributed by atoms with E-state index in [4.69, 9.17) is 10.5 Å². The fraction of sp³-hybridized carbons (Fsp3) is 0.444. The Labute approximate surface area is 147 Å². The van der Waals surface area contributed by atoms with Gasteiger partial charge < -0.3 is 20.3 Å². The SMILES string of the molecule is COC(=O)C(=Cc1ccc(N)c(C(C)(C)O)c1)NC(=O)OC(C)(C)C. The van der Waals surface area contributed by atoms with E-state index in [1.165, 1.54) is 13.2 Å². The van der Waals surface area contributed by atoms with Gasteiger partial charge in [-0.2, -0.15) is 0 Å². The van der Waals surface area contributed by atoms with Crippen molar-refractivity contribution in [2.75, 3.05) is 12.8 Å². The van der Waals surface area contributed by atoms with Gasteiger partial charge in [-0.3, -0.25) is 5.32 Å². The van der Waals surface area contributed by atoms with Crippen LogP contribution in [0.2, 0.25) is 0 Å². The van der Waals surface area contributed by atoms with Gasteiger partial charge in [0.2, 0.25) is 0 Å². The Morgan fingerprint density at radius 2 is 1.80 bits per heavy atom. The molecule has 0 bridgehead atoms. The number of anilines is 1. The van der Waals surface area contributed by atoms with Gasteiger partial charge in [0, 0.05) is 11.3 Å². The first-order chi connectivity index (χ1) is 11.3. The van der Waals surface area contributed by atoms with E-state index >= 15 is 0 Å². The highest BCUT2D eigenvalue weighted by atomic mass is 16.6. The van der Waals surface area contributed by atoms with Crippen molar-refractivity contribution in [1.29, 1.82) is 0 Å². The molecule has 0 heterocycles. The van der Waals surface area contributed by atoms with Crippen LogP contribution in [0, 0.1) is 0 Å². The second-order valence-electron chi connectivity index (χ2n) is 7.08. The molecule has 0 aliphatic rings. The summed E-state index contributed by atoms with van der Waals surface area (Å²) in [6.07, 6.45) is 0.645. The lowest BCUT2D eigenvalue weighted by molar-refractivity contribution is -0.136. The number of hydrogen-bond acceptors (Lipinski definition) is 6. The maximum absolute atomic E-state index is 11.9. The lowest BCUT2D eigenvalue weighted by atomic mass is 9.94. The zero-order valence-corrected chi connectivity index (χ0v) is 15.5. The molecule has 1 aromatic carbocycles. The van der Waals surface area contributed by atoms with Crippen molar-refractivity contribution in [2.24, 2.45) is 0 Å². The van der Waals surface area contributed by atoms with Gasteiger partial charge in [-0.25, -0.2) is 9.59 Å². The molecule has 0 spiro atoms. The number of hydrogen-bond donors (Lipinski definition) is 3. The molecule has 1 aromatic rings. The molecule has 0 fully saturated rings. The number of nitrogens with one attached hydrogen (secondary N) is 1. The molecule has 0 atom stereocenters. The highest BCUT2D eigenvalue weighted by Crippen LogP contribution is 2.27. The van der Waals surface area contributed by atoms with Crippen LogP contribution in [0.15, 0.2) is 23.9 Å². The summed E-state index contributed by atoms with van der Waals surface area (Å²) in [7, 11) is 1.21. The molecule has 7 nitrogen and oxygen atoms in total. The van der Waals surface area contributed by atoms with E-state index in [0.717, 1.165) is 0 Å². The summed E-state index contributed by atoms with van der Waals surface area (Å²) in [6, 6.07) is 4.90. The maximum Gasteiger partial charge on any atom is 0.412 e. The molecular formula is C18H26N2O5. The number of carbonyl (C=O) groups is 2. The molecule has 7 heteroatoms. The van der Waals surface area contributed by atoms with Gasteiger partial charge in [0.1, 0.15) is 11.3 Å². The van der Waals surface area contributed by atoms with E-state index in [-0.39, 0.29) is 5.70 Å². The van der Waals surface area contributed by atoms with Crippen LogP contribution >= 0.6 is 0 Å². The number of esters is 1. The quantitative estimate of drug-likeness (QED) is 0.437. The van der Waals surface area contributed by atoms with Gasteiger partial charge in [-0.05, 0) is 58.4 Å². The number of benzene rings is 1. The fourth-order valence-corrected chi connectivity index (χ4v) is 2.03. The maximum atomic E-state index is 11.9. The third kappa shape index (κ3) is 6.46. The van der Waals surface area contributed by atoms with Crippen molar-refractivity contribution in [3.05, 3.63) is 35.0 Å². The van der Waals surface area contributed by atoms with Crippen LogP contribution in [-0.4, -0.2) is 29.9 Å². The van der Waals surface area contributed by atoms with Gasteiger partial charge >= 0.3 is 12.1 Å². The zero-order chi connectivity index (χ0) is 19.4. The molecule has 0 saturated heterocycles. The first kappa shape index (κ1) is 20.5. The van der Waals surface area contributed by atoms with Crippen molar-refractivity contribution in [2.45, 2.75) is 45.8 Å². The van der Waals surface area contributed by atoms with Crippen LogP contribution in [-0.2, 0) is 19.9 Å². The Balaban J connectivity index is 3.20. The fourth-order valence-electron chi connectivity index (χ4n) is 2.03.